The molecule has 3 aromatic rings. The molecule has 182 valence electrons. The van der Waals surface area contributed by atoms with Gasteiger partial charge in [-0.15, -0.1) is 0 Å². The fraction of sp³-hybridized carbons (Fsp3) is 0.480. The van der Waals surface area contributed by atoms with Crippen LogP contribution in [0.5, 0.6) is 0 Å². The quantitative estimate of drug-likeness (QED) is 0.424. The summed E-state index contributed by atoms with van der Waals surface area (Å²) in [6.45, 7) is 3.51. The predicted molar refractivity (Wildman–Crippen MR) is 119 cm³/mol. The average molecular weight is 478 g/mol. The monoisotopic (exact) mass is 477 g/mol. The van der Waals surface area contributed by atoms with Crippen molar-refractivity contribution in [1.29, 1.82) is 0 Å². The summed E-state index contributed by atoms with van der Waals surface area (Å²) in [5, 5.41) is 10.7. The summed E-state index contributed by atoms with van der Waals surface area (Å²) in [4.78, 5) is 21.0. The molecular formula is C25H27F4N3O2. The second kappa shape index (κ2) is 8.76. The Morgan fingerprint density at radius 2 is 1.79 bits per heavy atom. The van der Waals surface area contributed by atoms with Gasteiger partial charge in [0, 0.05) is 24.8 Å². The molecule has 9 heteroatoms. The number of aromatic nitrogens is 3. The molecule has 2 aromatic heterocycles. The first-order chi connectivity index (χ1) is 15.9. The Bertz CT molecular complexity index is 1200. The van der Waals surface area contributed by atoms with Crippen molar-refractivity contribution in [3.05, 3.63) is 59.3 Å². The molecule has 0 bridgehead atoms. The van der Waals surface area contributed by atoms with E-state index in [1.165, 1.54) is 37.3 Å². The third kappa shape index (κ3) is 4.85. The van der Waals surface area contributed by atoms with Crippen LogP contribution in [0, 0.1) is 5.82 Å². The van der Waals surface area contributed by atoms with Gasteiger partial charge in [0.1, 0.15) is 28.6 Å². The third-order valence-corrected chi connectivity index (χ3v) is 6.70. The summed E-state index contributed by atoms with van der Waals surface area (Å²) in [6.07, 6.45) is -1.03. The largest absolute Gasteiger partial charge is 0.433 e. The Labute approximate surface area is 194 Å². The normalized spacial score (nSPS) is 17.4. The Hall–Kier alpha value is -2.81. The van der Waals surface area contributed by atoms with E-state index in [0.29, 0.717) is 29.7 Å². The lowest BCUT2D eigenvalue weighted by atomic mass is 9.78. The van der Waals surface area contributed by atoms with E-state index in [1.807, 2.05) is 11.5 Å². The highest BCUT2D eigenvalue weighted by Gasteiger charge is 2.39. The Balaban J connectivity index is 1.49. The van der Waals surface area contributed by atoms with E-state index >= 15 is 0 Å². The van der Waals surface area contributed by atoms with Crippen LogP contribution in [0.15, 0.2) is 36.4 Å². The van der Waals surface area contributed by atoms with Crippen molar-refractivity contribution in [1.82, 2.24) is 14.5 Å². The highest BCUT2D eigenvalue weighted by Crippen LogP contribution is 2.42. The minimum atomic E-state index is -4.54. The molecule has 5 nitrogen and oxygen atoms in total. The number of nitrogens with zero attached hydrogens (tertiary/aromatic N) is 3. The summed E-state index contributed by atoms with van der Waals surface area (Å²) >= 11 is 0. The number of Topliss-reactive ketones (excluding diaryl/α,β-unsaturated/α-hetero) is 1. The number of alkyl halides is 3. The van der Waals surface area contributed by atoms with Crippen molar-refractivity contribution < 1.29 is 27.5 Å². The number of rotatable bonds is 8. The molecule has 0 radical (unpaired) electrons. The molecule has 1 aliphatic carbocycles. The zero-order valence-electron chi connectivity index (χ0n) is 19.1. The molecule has 4 rings (SSSR count). The summed E-state index contributed by atoms with van der Waals surface area (Å²) < 4.78 is 54.7. The van der Waals surface area contributed by atoms with Crippen LogP contribution in [0.1, 0.15) is 69.5 Å². The van der Waals surface area contributed by atoms with Crippen LogP contribution in [0.2, 0.25) is 0 Å². The van der Waals surface area contributed by atoms with E-state index in [4.69, 9.17) is 0 Å². The van der Waals surface area contributed by atoms with Crippen molar-refractivity contribution in [2.45, 2.75) is 76.1 Å². The highest BCUT2D eigenvalue weighted by molar-refractivity contribution is 5.79. The van der Waals surface area contributed by atoms with Crippen LogP contribution in [-0.2, 0) is 28.5 Å². The van der Waals surface area contributed by atoms with Crippen molar-refractivity contribution in [3.63, 3.8) is 0 Å². The number of aliphatic hydroxyl groups is 1. The van der Waals surface area contributed by atoms with Crippen LogP contribution in [0.25, 0.3) is 11.2 Å². The molecule has 0 spiro atoms. The molecule has 1 unspecified atom stereocenters. The standard InChI is InChI=1S/C25H27F4N3O2/c1-23(13-4-14-23)32-21(30-19-11-12-20(25(27,28)29)31-22(19)32)6-3-5-18(33)15-24(2,34)16-7-9-17(26)10-8-16/h7-12,34H,3-6,13-15H2,1-2H3. The van der Waals surface area contributed by atoms with Crippen LogP contribution >= 0.6 is 0 Å². The lowest BCUT2D eigenvalue weighted by molar-refractivity contribution is -0.141. The summed E-state index contributed by atoms with van der Waals surface area (Å²) in [5.74, 6) is 0.0252. The van der Waals surface area contributed by atoms with E-state index in [1.54, 1.807) is 0 Å². The molecule has 2 heterocycles. The lowest BCUT2D eigenvalue weighted by Crippen LogP contribution is -2.38. The van der Waals surface area contributed by atoms with Crippen molar-refractivity contribution in [2.24, 2.45) is 0 Å². The van der Waals surface area contributed by atoms with Gasteiger partial charge in [-0.1, -0.05) is 12.1 Å². The van der Waals surface area contributed by atoms with E-state index in [0.717, 1.165) is 25.3 Å². The number of ketones is 1. The van der Waals surface area contributed by atoms with E-state index in [-0.39, 0.29) is 29.8 Å². The SMILES string of the molecule is CC(O)(CC(=O)CCCc1nc2ccc(C(F)(F)F)nc2n1C1(C)CCC1)c1ccc(F)cc1. The number of benzene rings is 1. The van der Waals surface area contributed by atoms with Gasteiger partial charge in [0.25, 0.3) is 0 Å². The minimum absolute atomic E-state index is 0.122. The number of hydrogen-bond acceptors (Lipinski definition) is 4. The smallest absolute Gasteiger partial charge is 0.385 e. The van der Waals surface area contributed by atoms with Crippen molar-refractivity contribution in [3.8, 4) is 0 Å². The second-order valence-electron chi connectivity index (χ2n) is 9.60. The van der Waals surface area contributed by atoms with E-state index < -0.39 is 23.3 Å². The highest BCUT2D eigenvalue weighted by atomic mass is 19.4. The maximum atomic E-state index is 13.2. The first kappa shape index (κ1) is 24.3. The van der Waals surface area contributed by atoms with Gasteiger partial charge >= 0.3 is 6.18 Å². The molecule has 1 atom stereocenters. The number of hydrogen-bond donors (Lipinski definition) is 1. The number of halogens is 4. The van der Waals surface area contributed by atoms with Gasteiger partial charge in [-0.25, -0.2) is 14.4 Å². The van der Waals surface area contributed by atoms with Crippen molar-refractivity contribution >= 4 is 16.9 Å². The molecule has 1 saturated carbocycles. The van der Waals surface area contributed by atoms with Crippen molar-refractivity contribution in [2.75, 3.05) is 0 Å². The van der Waals surface area contributed by atoms with Crippen LogP contribution in [0.4, 0.5) is 17.6 Å². The Morgan fingerprint density at radius 1 is 1.12 bits per heavy atom. The summed E-state index contributed by atoms with van der Waals surface area (Å²) in [7, 11) is 0. The Morgan fingerprint density at radius 3 is 2.38 bits per heavy atom. The zero-order chi connectivity index (χ0) is 24.7. The fourth-order valence-corrected chi connectivity index (χ4v) is 4.64. The molecule has 0 aliphatic heterocycles. The van der Waals surface area contributed by atoms with Gasteiger partial charge < -0.3 is 9.67 Å². The maximum Gasteiger partial charge on any atom is 0.433 e. The lowest BCUT2D eigenvalue weighted by Gasteiger charge is -2.41. The molecule has 0 saturated heterocycles. The van der Waals surface area contributed by atoms with Gasteiger partial charge in [0.2, 0.25) is 0 Å². The van der Waals surface area contributed by atoms with Gasteiger partial charge in [-0.05, 0) is 69.4 Å². The van der Waals surface area contributed by atoms with Gasteiger partial charge in [-0.3, -0.25) is 4.79 Å². The van der Waals surface area contributed by atoms with Crippen LogP contribution < -0.4 is 0 Å². The second-order valence-corrected chi connectivity index (χ2v) is 9.60. The van der Waals surface area contributed by atoms with Gasteiger partial charge in [-0.2, -0.15) is 13.2 Å². The Kier molecular flexibility index (Phi) is 6.27. The number of fused-ring (bicyclic) bond motifs is 1. The first-order valence-electron chi connectivity index (χ1n) is 11.4. The molecule has 1 fully saturated rings. The molecular weight excluding hydrogens is 450 g/mol. The number of aryl methyl sites for hydroxylation is 1. The molecule has 0 amide bonds. The summed E-state index contributed by atoms with van der Waals surface area (Å²) in [5.41, 5.74) is -1.64. The van der Waals surface area contributed by atoms with E-state index in [9.17, 15) is 27.5 Å². The number of carbonyl (C=O) groups excluding carboxylic acids is 1. The van der Waals surface area contributed by atoms with Crippen LogP contribution in [-0.4, -0.2) is 25.4 Å². The molecule has 1 aliphatic rings. The minimum Gasteiger partial charge on any atom is -0.385 e. The predicted octanol–water partition coefficient (Wildman–Crippen LogP) is 5.68. The maximum absolute atomic E-state index is 13.2. The number of pyridine rings is 1. The molecule has 1 N–H and O–H groups in total. The van der Waals surface area contributed by atoms with Crippen LogP contribution in [0.3, 0.4) is 0 Å². The topological polar surface area (TPSA) is 68.0 Å². The van der Waals surface area contributed by atoms with Gasteiger partial charge in [0.05, 0.1) is 5.60 Å². The average Bonchev–Trinajstić information content (AvgIpc) is 3.09. The molecule has 34 heavy (non-hydrogen) atoms. The van der Waals surface area contributed by atoms with E-state index in [2.05, 4.69) is 9.97 Å². The fourth-order valence-electron chi connectivity index (χ4n) is 4.64. The zero-order valence-corrected chi connectivity index (χ0v) is 19.1. The molecule has 1 aromatic carbocycles. The summed E-state index contributed by atoms with van der Waals surface area (Å²) in [6, 6.07) is 7.65. The number of carbonyl (C=O) groups is 1. The number of imidazole rings is 1. The van der Waals surface area contributed by atoms with Gasteiger partial charge in [0.15, 0.2) is 5.65 Å². The first-order valence-corrected chi connectivity index (χ1v) is 11.4. The third-order valence-electron chi connectivity index (χ3n) is 6.70.